The first-order valence-corrected chi connectivity index (χ1v) is 5.81. The third kappa shape index (κ3) is 3.05. The number of hydrogen-bond donors (Lipinski definition) is 1. The first-order valence-electron chi connectivity index (χ1n) is 5.81. The number of halogens is 1. The molecule has 1 heterocycles. The highest BCUT2D eigenvalue weighted by atomic mass is 19.1. The normalized spacial score (nSPS) is 10.3. The summed E-state index contributed by atoms with van der Waals surface area (Å²) in [5, 5.41) is 0. The zero-order valence-electron chi connectivity index (χ0n) is 9.97. The van der Waals surface area contributed by atoms with Crippen molar-refractivity contribution < 1.29 is 9.13 Å². The molecule has 2 aromatic rings. The lowest BCUT2D eigenvalue weighted by molar-refractivity contribution is 0.282. The van der Waals surface area contributed by atoms with Crippen LogP contribution in [0.1, 0.15) is 11.3 Å². The minimum absolute atomic E-state index is 0.249. The number of hydrogen-bond acceptors (Lipinski definition) is 3. The maximum Gasteiger partial charge on any atom is 0.165 e. The maximum atomic E-state index is 13.7. The number of ether oxygens (including phenoxy) is 1. The summed E-state index contributed by atoms with van der Waals surface area (Å²) in [7, 11) is 0. The van der Waals surface area contributed by atoms with Crippen LogP contribution in [0.4, 0.5) is 4.39 Å². The fourth-order valence-electron chi connectivity index (χ4n) is 1.70. The second kappa shape index (κ2) is 6.12. The topological polar surface area (TPSA) is 48.1 Å². The molecule has 2 N–H and O–H groups in total. The molecular weight excluding hydrogens is 231 g/mol. The zero-order chi connectivity index (χ0) is 12.8. The van der Waals surface area contributed by atoms with E-state index in [1.54, 1.807) is 12.3 Å². The van der Waals surface area contributed by atoms with Crippen LogP contribution in [0.25, 0.3) is 0 Å². The molecule has 0 saturated carbocycles. The lowest BCUT2D eigenvalue weighted by atomic mass is 10.1. The summed E-state index contributed by atoms with van der Waals surface area (Å²) in [5.41, 5.74) is 7.05. The van der Waals surface area contributed by atoms with Crippen molar-refractivity contribution in [1.29, 1.82) is 0 Å². The molecule has 1 aromatic heterocycles. The molecule has 0 atom stereocenters. The summed E-state index contributed by atoms with van der Waals surface area (Å²) in [4.78, 5) is 4.13. The van der Waals surface area contributed by atoms with Crippen LogP contribution in [0.5, 0.6) is 5.75 Å². The molecule has 0 fully saturated rings. The molecular formula is C14H15FN2O. The average molecular weight is 246 g/mol. The highest BCUT2D eigenvalue weighted by molar-refractivity contribution is 5.35. The fourth-order valence-corrected chi connectivity index (χ4v) is 1.70. The van der Waals surface area contributed by atoms with E-state index >= 15 is 0 Å². The van der Waals surface area contributed by atoms with Crippen LogP contribution in [-0.4, -0.2) is 11.5 Å². The summed E-state index contributed by atoms with van der Waals surface area (Å²) in [6.07, 6.45) is 2.27. The molecule has 0 amide bonds. The van der Waals surface area contributed by atoms with E-state index in [9.17, 15) is 4.39 Å². The van der Waals surface area contributed by atoms with Gasteiger partial charge in [-0.05, 0) is 36.7 Å². The molecule has 3 nitrogen and oxygen atoms in total. The Morgan fingerprint density at radius 2 is 2.06 bits per heavy atom. The Morgan fingerprint density at radius 1 is 1.17 bits per heavy atom. The molecule has 0 aliphatic rings. The van der Waals surface area contributed by atoms with Gasteiger partial charge in [-0.25, -0.2) is 4.39 Å². The molecule has 0 saturated heterocycles. The first-order chi connectivity index (χ1) is 8.81. The van der Waals surface area contributed by atoms with Crippen molar-refractivity contribution in [2.75, 3.05) is 6.54 Å². The Labute approximate surface area is 105 Å². The minimum Gasteiger partial charge on any atom is -0.484 e. The molecule has 1 aromatic carbocycles. The third-order valence-corrected chi connectivity index (χ3v) is 2.55. The Hall–Kier alpha value is -1.94. The maximum absolute atomic E-state index is 13.7. The predicted octanol–water partition coefficient (Wildman–Crippen LogP) is 2.30. The Bertz CT molecular complexity index is 502. The number of benzene rings is 1. The predicted molar refractivity (Wildman–Crippen MR) is 67.7 cm³/mol. The number of aromatic nitrogens is 1. The van der Waals surface area contributed by atoms with Gasteiger partial charge in [0.2, 0.25) is 0 Å². The van der Waals surface area contributed by atoms with Gasteiger partial charge >= 0.3 is 0 Å². The Kier molecular flexibility index (Phi) is 4.25. The van der Waals surface area contributed by atoms with Crippen LogP contribution in [0.2, 0.25) is 0 Å². The van der Waals surface area contributed by atoms with Crippen molar-refractivity contribution in [3.63, 3.8) is 0 Å². The van der Waals surface area contributed by atoms with E-state index in [1.165, 1.54) is 6.07 Å². The van der Waals surface area contributed by atoms with Gasteiger partial charge in [0.1, 0.15) is 6.61 Å². The number of nitrogens with zero attached hydrogens (tertiary/aromatic N) is 1. The smallest absolute Gasteiger partial charge is 0.165 e. The van der Waals surface area contributed by atoms with Gasteiger partial charge in [-0.1, -0.05) is 18.2 Å². The van der Waals surface area contributed by atoms with Gasteiger partial charge in [0, 0.05) is 6.20 Å². The molecule has 2 rings (SSSR count). The van der Waals surface area contributed by atoms with Crippen molar-refractivity contribution in [3.05, 3.63) is 59.7 Å². The number of rotatable bonds is 5. The second-order valence-electron chi connectivity index (χ2n) is 3.88. The Balaban J connectivity index is 2.13. The fraction of sp³-hybridized carbons (Fsp3) is 0.214. The van der Waals surface area contributed by atoms with Gasteiger partial charge in [0.15, 0.2) is 11.6 Å². The van der Waals surface area contributed by atoms with Crippen LogP contribution < -0.4 is 10.5 Å². The second-order valence-corrected chi connectivity index (χ2v) is 3.88. The van der Waals surface area contributed by atoms with E-state index in [4.69, 9.17) is 10.5 Å². The molecule has 0 aliphatic carbocycles. The highest BCUT2D eigenvalue weighted by Gasteiger charge is 2.09. The van der Waals surface area contributed by atoms with Gasteiger partial charge in [0.05, 0.1) is 5.69 Å². The van der Waals surface area contributed by atoms with E-state index in [-0.39, 0.29) is 18.2 Å². The quantitative estimate of drug-likeness (QED) is 0.880. The van der Waals surface area contributed by atoms with Gasteiger partial charge in [-0.15, -0.1) is 0 Å². The molecule has 0 bridgehead atoms. The van der Waals surface area contributed by atoms with Crippen LogP contribution in [0.3, 0.4) is 0 Å². The summed E-state index contributed by atoms with van der Waals surface area (Å²) in [6.45, 7) is 0.711. The summed E-state index contributed by atoms with van der Waals surface area (Å²) >= 11 is 0. The zero-order valence-corrected chi connectivity index (χ0v) is 9.97. The minimum atomic E-state index is -0.364. The van der Waals surface area contributed by atoms with Crippen molar-refractivity contribution >= 4 is 0 Å². The molecule has 0 spiro atoms. The first kappa shape index (κ1) is 12.5. The molecule has 0 unspecified atom stereocenters. The van der Waals surface area contributed by atoms with Crippen LogP contribution in [0.15, 0.2) is 42.6 Å². The molecule has 4 heteroatoms. The van der Waals surface area contributed by atoms with Crippen molar-refractivity contribution in [1.82, 2.24) is 4.98 Å². The van der Waals surface area contributed by atoms with E-state index < -0.39 is 0 Å². The highest BCUT2D eigenvalue weighted by Crippen LogP contribution is 2.23. The molecule has 18 heavy (non-hydrogen) atoms. The molecule has 0 radical (unpaired) electrons. The van der Waals surface area contributed by atoms with Gasteiger partial charge in [0.25, 0.3) is 0 Å². The number of nitrogens with two attached hydrogens (primary N) is 1. The lowest BCUT2D eigenvalue weighted by Crippen LogP contribution is -2.07. The number of pyridine rings is 1. The average Bonchev–Trinajstić information content (AvgIpc) is 2.40. The SMILES string of the molecule is NCCc1cccc(F)c1OCc1ccccn1. The van der Waals surface area contributed by atoms with Gasteiger partial charge < -0.3 is 10.5 Å². The van der Waals surface area contributed by atoms with E-state index in [1.807, 2.05) is 24.3 Å². The monoisotopic (exact) mass is 246 g/mol. The van der Waals surface area contributed by atoms with Gasteiger partial charge in [-0.3, -0.25) is 4.98 Å². The van der Waals surface area contributed by atoms with Crippen molar-refractivity contribution in [2.45, 2.75) is 13.0 Å². The van der Waals surface area contributed by atoms with E-state index in [2.05, 4.69) is 4.98 Å². The standard InChI is InChI=1S/C14H15FN2O/c15-13-6-3-4-11(7-8-16)14(13)18-10-12-5-1-2-9-17-12/h1-6,9H,7-8,10,16H2. The molecule has 0 aliphatic heterocycles. The largest absolute Gasteiger partial charge is 0.484 e. The summed E-state index contributed by atoms with van der Waals surface area (Å²) in [6, 6.07) is 10.4. The van der Waals surface area contributed by atoms with E-state index in [0.717, 1.165) is 11.3 Å². The summed E-state index contributed by atoms with van der Waals surface area (Å²) < 4.78 is 19.2. The lowest BCUT2D eigenvalue weighted by Gasteiger charge is -2.11. The third-order valence-electron chi connectivity index (χ3n) is 2.55. The Morgan fingerprint density at radius 3 is 2.78 bits per heavy atom. The van der Waals surface area contributed by atoms with Crippen LogP contribution in [-0.2, 0) is 13.0 Å². The van der Waals surface area contributed by atoms with Crippen molar-refractivity contribution in [3.8, 4) is 5.75 Å². The number of para-hydroxylation sites is 1. The van der Waals surface area contributed by atoms with Crippen LogP contribution >= 0.6 is 0 Å². The van der Waals surface area contributed by atoms with Gasteiger partial charge in [-0.2, -0.15) is 0 Å². The van der Waals surface area contributed by atoms with Crippen LogP contribution in [0, 0.1) is 5.82 Å². The summed E-state index contributed by atoms with van der Waals surface area (Å²) in [5.74, 6) is -0.0921. The molecule has 94 valence electrons. The van der Waals surface area contributed by atoms with E-state index in [0.29, 0.717) is 13.0 Å². The van der Waals surface area contributed by atoms with Crippen molar-refractivity contribution in [2.24, 2.45) is 5.73 Å².